The number of ether oxygens (including phenoxy) is 1. The van der Waals surface area contributed by atoms with Gasteiger partial charge in [-0.25, -0.2) is 0 Å². The second-order valence-corrected chi connectivity index (χ2v) is 5.29. The molecular weight excluding hydrogens is 200 g/mol. The van der Waals surface area contributed by atoms with Crippen molar-refractivity contribution in [2.75, 3.05) is 39.8 Å². The lowest BCUT2D eigenvalue weighted by Crippen LogP contribution is -2.39. The third-order valence-corrected chi connectivity index (χ3v) is 3.90. The van der Waals surface area contributed by atoms with E-state index in [1.165, 1.54) is 45.2 Å². The van der Waals surface area contributed by atoms with Gasteiger partial charge in [-0.05, 0) is 58.3 Å². The number of hydrogen-bond donors (Lipinski definition) is 1. The molecule has 3 nitrogen and oxygen atoms in total. The van der Waals surface area contributed by atoms with E-state index < -0.39 is 0 Å². The van der Waals surface area contributed by atoms with Crippen LogP contribution in [0.15, 0.2) is 0 Å². The van der Waals surface area contributed by atoms with Crippen LogP contribution in [0.3, 0.4) is 0 Å². The highest BCUT2D eigenvalue weighted by Crippen LogP contribution is 2.29. The number of nitrogens with one attached hydrogen (secondary N) is 1. The molecule has 1 N–H and O–H groups in total. The Hall–Kier alpha value is -0.120. The van der Waals surface area contributed by atoms with E-state index >= 15 is 0 Å². The second-order valence-electron chi connectivity index (χ2n) is 5.29. The molecule has 1 heterocycles. The van der Waals surface area contributed by atoms with Crippen molar-refractivity contribution in [2.45, 2.75) is 38.2 Å². The lowest BCUT2D eigenvalue weighted by molar-refractivity contribution is -0.0373. The minimum Gasteiger partial charge on any atom is -0.377 e. The highest BCUT2D eigenvalue weighted by Gasteiger charge is 2.28. The van der Waals surface area contributed by atoms with Crippen molar-refractivity contribution in [2.24, 2.45) is 5.92 Å². The predicted octanol–water partition coefficient (Wildman–Crippen LogP) is 1.49. The molecule has 1 saturated heterocycles. The van der Waals surface area contributed by atoms with Gasteiger partial charge in [0.1, 0.15) is 0 Å². The van der Waals surface area contributed by atoms with Crippen molar-refractivity contribution in [3.63, 3.8) is 0 Å². The fourth-order valence-corrected chi connectivity index (χ4v) is 2.80. The van der Waals surface area contributed by atoms with Crippen molar-refractivity contribution in [3.8, 4) is 0 Å². The van der Waals surface area contributed by atoms with Gasteiger partial charge in [0.05, 0.1) is 12.7 Å². The third-order valence-electron chi connectivity index (χ3n) is 3.90. The van der Waals surface area contributed by atoms with Gasteiger partial charge in [-0.1, -0.05) is 6.42 Å². The molecule has 16 heavy (non-hydrogen) atoms. The van der Waals surface area contributed by atoms with E-state index in [4.69, 9.17) is 4.74 Å². The van der Waals surface area contributed by atoms with E-state index in [9.17, 15) is 0 Å². The van der Waals surface area contributed by atoms with Gasteiger partial charge < -0.3 is 15.0 Å². The van der Waals surface area contributed by atoms with Crippen LogP contribution in [0, 0.1) is 5.92 Å². The molecule has 3 heteroatoms. The molecule has 1 saturated carbocycles. The summed E-state index contributed by atoms with van der Waals surface area (Å²) in [4.78, 5) is 2.55. The van der Waals surface area contributed by atoms with Gasteiger partial charge in [-0.15, -0.1) is 0 Å². The van der Waals surface area contributed by atoms with Crippen LogP contribution in [0.2, 0.25) is 0 Å². The number of likely N-dealkylation sites (tertiary alicyclic amines) is 1. The van der Waals surface area contributed by atoms with Crippen molar-refractivity contribution in [1.82, 2.24) is 10.2 Å². The van der Waals surface area contributed by atoms with Gasteiger partial charge in [0.15, 0.2) is 0 Å². The molecule has 0 aromatic heterocycles. The zero-order chi connectivity index (χ0) is 11.2. The van der Waals surface area contributed by atoms with Gasteiger partial charge in [-0.3, -0.25) is 0 Å². The van der Waals surface area contributed by atoms with Crippen molar-refractivity contribution >= 4 is 0 Å². The highest BCUT2D eigenvalue weighted by atomic mass is 16.5. The minimum absolute atomic E-state index is 0.558. The van der Waals surface area contributed by atoms with Crippen molar-refractivity contribution < 1.29 is 4.74 Å². The summed E-state index contributed by atoms with van der Waals surface area (Å²) in [6.07, 6.45) is 7.28. The summed E-state index contributed by atoms with van der Waals surface area (Å²) in [7, 11) is 2.03. The molecule has 1 aliphatic carbocycles. The van der Waals surface area contributed by atoms with Crippen molar-refractivity contribution in [1.29, 1.82) is 0 Å². The standard InChI is InChI=1S/C13H26N2O/c1-14-11-12-9-13(10-12)16-8-7-15-5-3-2-4-6-15/h12-14H,2-11H2,1H3. The number of hydrogen-bond acceptors (Lipinski definition) is 3. The summed E-state index contributed by atoms with van der Waals surface area (Å²) in [5.41, 5.74) is 0. The number of piperidine rings is 1. The summed E-state index contributed by atoms with van der Waals surface area (Å²) in [6.45, 7) is 5.82. The highest BCUT2D eigenvalue weighted by molar-refractivity contribution is 4.81. The maximum Gasteiger partial charge on any atom is 0.0597 e. The molecule has 2 fully saturated rings. The molecule has 0 unspecified atom stereocenters. The van der Waals surface area contributed by atoms with Crippen LogP contribution < -0.4 is 5.32 Å². The lowest BCUT2D eigenvalue weighted by Gasteiger charge is -2.36. The monoisotopic (exact) mass is 226 g/mol. The zero-order valence-corrected chi connectivity index (χ0v) is 10.6. The molecule has 0 aromatic carbocycles. The summed E-state index contributed by atoms with van der Waals surface area (Å²) < 4.78 is 5.89. The molecule has 0 aromatic rings. The quantitative estimate of drug-likeness (QED) is 0.742. The molecule has 0 spiro atoms. The van der Waals surface area contributed by atoms with Crippen molar-refractivity contribution in [3.05, 3.63) is 0 Å². The van der Waals surface area contributed by atoms with E-state index in [1.54, 1.807) is 0 Å². The molecular formula is C13H26N2O. The summed E-state index contributed by atoms with van der Waals surface area (Å²) in [5.74, 6) is 0.866. The van der Waals surface area contributed by atoms with Crippen LogP contribution in [0.5, 0.6) is 0 Å². The van der Waals surface area contributed by atoms with Gasteiger partial charge in [0, 0.05) is 6.54 Å². The van der Waals surface area contributed by atoms with Gasteiger partial charge in [0.2, 0.25) is 0 Å². The van der Waals surface area contributed by atoms with Crippen LogP contribution in [0.4, 0.5) is 0 Å². The largest absolute Gasteiger partial charge is 0.377 e. The Morgan fingerprint density at radius 1 is 1.19 bits per heavy atom. The summed E-state index contributed by atoms with van der Waals surface area (Å²) in [5, 5.41) is 3.23. The Morgan fingerprint density at radius 2 is 1.94 bits per heavy atom. The first-order chi connectivity index (χ1) is 7.88. The zero-order valence-electron chi connectivity index (χ0n) is 10.6. The Labute approximate surface area is 99.5 Å². The van der Waals surface area contributed by atoms with Crippen LogP contribution in [0.25, 0.3) is 0 Å². The van der Waals surface area contributed by atoms with E-state index in [2.05, 4.69) is 10.2 Å². The van der Waals surface area contributed by atoms with E-state index in [0.717, 1.165) is 25.6 Å². The smallest absolute Gasteiger partial charge is 0.0597 e. The van der Waals surface area contributed by atoms with Crippen LogP contribution >= 0.6 is 0 Å². The summed E-state index contributed by atoms with van der Waals surface area (Å²) in [6, 6.07) is 0. The molecule has 0 atom stereocenters. The van der Waals surface area contributed by atoms with E-state index in [1.807, 2.05) is 7.05 Å². The van der Waals surface area contributed by atoms with Crippen LogP contribution in [0.1, 0.15) is 32.1 Å². The maximum absolute atomic E-state index is 5.89. The first kappa shape index (κ1) is 12.3. The lowest BCUT2D eigenvalue weighted by atomic mass is 9.82. The van der Waals surface area contributed by atoms with Crippen LogP contribution in [-0.4, -0.2) is 50.8 Å². The Kier molecular flexibility index (Phi) is 5.07. The normalized spacial score (nSPS) is 31.3. The number of nitrogens with zero attached hydrogens (tertiary/aromatic N) is 1. The second kappa shape index (κ2) is 6.58. The Morgan fingerprint density at radius 3 is 2.62 bits per heavy atom. The average molecular weight is 226 g/mol. The van der Waals surface area contributed by atoms with Gasteiger partial charge in [0.25, 0.3) is 0 Å². The molecule has 2 aliphatic rings. The minimum atomic E-state index is 0.558. The SMILES string of the molecule is CNCC1CC(OCCN2CCCCC2)C1. The Balaban J connectivity index is 1.46. The van der Waals surface area contributed by atoms with Gasteiger partial charge in [-0.2, -0.15) is 0 Å². The number of rotatable bonds is 6. The average Bonchev–Trinajstić information content (AvgIpc) is 2.27. The first-order valence-corrected chi connectivity index (χ1v) is 6.87. The molecule has 0 bridgehead atoms. The Bertz CT molecular complexity index is 186. The fourth-order valence-electron chi connectivity index (χ4n) is 2.80. The molecule has 2 rings (SSSR count). The van der Waals surface area contributed by atoms with E-state index in [-0.39, 0.29) is 0 Å². The van der Waals surface area contributed by atoms with E-state index in [0.29, 0.717) is 6.10 Å². The first-order valence-electron chi connectivity index (χ1n) is 6.87. The molecule has 94 valence electrons. The van der Waals surface area contributed by atoms with Gasteiger partial charge >= 0.3 is 0 Å². The predicted molar refractivity (Wildman–Crippen MR) is 66.7 cm³/mol. The topological polar surface area (TPSA) is 24.5 Å². The summed E-state index contributed by atoms with van der Waals surface area (Å²) >= 11 is 0. The maximum atomic E-state index is 5.89. The third kappa shape index (κ3) is 3.72. The molecule has 0 radical (unpaired) electrons. The fraction of sp³-hybridized carbons (Fsp3) is 1.00. The molecule has 1 aliphatic heterocycles. The molecule has 0 amide bonds. The van der Waals surface area contributed by atoms with Crippen LogP contribution in [-0.2, 0) is 4.74 Å².